The second-order valence-electron chi connectivity index (χ2n) is 10.7. The van der Waals surface area contributed by atoms with Crippen LogP contribution in [0.2, 0.25) is 0 Å². The maximum Gasteiger partial charge on any atom is 0.408 e. The van der Waals surface area contributed by atoms with Crippen LogP contribution in [0, 0.1) is 0 Å². The van der Waals surface area contributed by atoms with Gasteiger partial charge in [0.15, 0.2) is 0 Å². The normalized spacial score (nSPS) is 13.5. The second-order valence-corrected chi connectivity index (χ2v) is 13.2. The number of rotatable bonds is 9. The van der Waals surface area contributed by atoms with Crippen molar-refractivity contribution >= 4 is 27.8 Å². The van der Waals surface area contributed by atoms with Crippen LogP contribution in [0.4, 0.5) is 10.5 Å². The number of carboxylic acid groups (broad SMARTS) is 1. The minimum Gasteiger partial charge on any atom is -0.478 e. The van der Waals surface area contributed by atoms with Crippen molar-refractivity contribution in [2.75, 3.05) is 11.4 Å². The quantitative estimate of drug-likeness (QED) is 0.384. The lowest BCUT2D eigenvalue weighted by Gasteiger charge is -2.29. The summed E-state index contributed by atoms with van der Waals surface area (Å²) in [4.78, 5) is 24.6. The van der Waals surface area contributed by atoms with Crippen LogP contribution in [-0.2, 0) is 26.7 Å². The largest absolute Gasteiger partial charge is 0.478 e. The zero-order chi connectivity index (χ0) is 29.2. The number of ether oxygens (including phenoxy) is 1. The van der Waals surface area contributed by atoms with Gasteiger partial charge in [0.25, 0.3) is 0 Å². The fraction of sp³-hybridized carbons (Fsp3) is 0.407. The van der Waals surface area contributed by atoms with E-state index in [9.17, 15) is 23.1 Å². The Morgan fingerprint density at radius 2 is 1.72 bits per heavy atom. The zero-order valence-electron chi connectivity index (χ0n) is 23.0. The number of benzene rings is 2. The molecule has 0 saturated heterocycles. The molecule has 0 radical (unpaired) electrons. The third-order valence-corrected chi connectivity index (χ3v) is 7.99. The van der Waals surface area contributed by atoms with E-state index in [0.29, 0.717) is 0 Å². The number of alkyl carbamates (subject to hydrolysis) is 1. The summed E-state index contributed by atoms with van der Waals surface area (Å²) in [5.41, 5.74) is -0.891. The highest BCUT2D eigenvalue weighted by Crippen LogP contribution is 2.31. The van der Waals surface area contributed by atoms with E-state index in [4.69, 9.17) is 9.15 Å². The summed E-state index contributed by atoms with van der Waals surface area (Å²) in [5, 5.41) is 20.0. The third kappa shape index (κ3) is 7.14. The molecule has 0 aliphatic heterocycles. The molecule has 1 atom stereocenters. The molecule has 0 aliphatic carbocycles. The summed E-state index contributed by atoms with van der Waals surface area (Å²) < 4.78 is 38.0. The number of hydrogen-bond acceptors (Lipinski definition) is 8. The first-order valence-corrected chi connectivity index (χ1v) is 13.8. The number of aromatic carboxylic acids is 1. The lowest BCUT2D eigenvalue weighted by Crippen LogP contribution is -2.47. The zero-order valence-corrected chi connectivity index (χ0v) is 23.9. The summed E-state index contributed by atoms with van der Waals surface area (Å²) in [5.74, 6) is -1.25. The summed E-state index contributed by atoms with van der Waals surface area (Å²) >= 11 is 0. The topological polar surface area (TPSA) is 152 Å². The van der Waals surface area contributed by atoms with Gasteiger partial charge in [0.05, 0.1) is 16.5 Å². The Kier molecular flexibility index (Phi) is 8.39. The van der Waals surface area contributed by atoms with E-state index in [0.717, 1.165) is 9.87 Å². The van der Waals surface area contributed by atoms with E-state index in [1.165, 1.54) is 39.1 Å². The molecule has 0 unspecified atom stereocenters. The molecule has 0 fully saturated rings. The molecule has 1 heterocycles. The van der Waals surface area contributed by atoms with Crippen molar-refractivity contribution in [2.45, 2.75) is 64.4 Å². The highest BCUT2D eigenvalue weighted by Gasteiger charge is 2.37. The molecule has 39 heavy (non-hydrogen) atoms. The Hall–Kier alpha value is -3.93. The van der Waals surface area contributed by atoms with Crippen molar-refractivity contribution in [3.8, 4) is 11.5 Å². The van der Waals surface area contributed by atoms with Crippen LogP contribution >= 0.6 is 0 Å². The maximum atomic E-state index is 12.8. The molecule has 12 heteroatoms. The van der Waals surface area contributed by atoms with E-state index in [1.54, 1.807) is 27.7 Å². The molecular weight excluding hydrogens is 524 g/mol. The highest BCUT2D eigenvalue weighted by atomic mass is 32.2. The van der Waals surface area contributed by atoms with Crippen LogP contribution < -0.4 is 9.62 Å². The fourth-order valence-electron chi connectivity index (χ4n) is 3.77. The lowest BCUT2D eigenvalue weighted by atomic mass is 9.92. The number of aromatic nitrogens is 2. The highest BCUT2D eigenvalue weighted by molar-refractivity contribution is 7.93. The van der Waals surface area contributed by atoms with Crippen LogP contribution in [0.15, 0.2) is 52.9 Å². The van der Waals surface area contributed by atoms with Crippen LogP contribution in [0.3, 0.4) is 0 Å². The van der Waals surface area contributed by atoms with Crippen molar-refractivity contribution in [3.63, 3.8) is 0 Å². The monoisotopic (exact) mass is 558 g/mol. The smallest absolute Gasteiger partial charge is 0.408 e. The van der Waals surface area contributed by atoms with Gasteiger partial charge >= 0.3 is 12.1 Å². The van der Waals surface area contributed by atoms with Gasteiger partial charge in [0.2, 0.25) is 21.8 Å². The molecule has 11 nitrogen and oxygen atoms in total. The van der Waals surface area contributed by atoms with Gasteiger partial charge in [0.1, 0.15) is 11.1 Å². The van der Waals surface area contributed by atoms with Gasteiger partial charge in [-0.05, 0) is 65.3 Å². The predicted molar refractivity (Wildman–Crippen MR) is 146 cm³/mol. The Morgan fingerprint density at radius 1 is 1.08 bits per heavy atom. The third-order valence-electron chi connectivity index (χ3n) is 5.83. The van der Waals surface area contributed by atoms with Crippen molar-refractivity contribution in [2.24, 2.45) is 0 Å². The summed E-state index contributed by atoms with van der Waals surface area (Å²) in [6.07, 6.45) is -0.402. The number of carboxylic acids is 1. The average molecular weight is 559 g/mol. The number of anilines is 1. The van der Waals surface area contributed by atoms with E-state index in [-0.39, 0.29) is 35.0 Å². The van der Waals surface area contributed by atoms with Gasteiger partial charge in [-0.3, -0.25) is 4.31 Å². The molecule has 0 saturated carbocycles. The average Bonchev–Trinajstić information content (AvgIpc) is 3.34. The molecule has 1 aromatic heterocycles. The number of nitrogens with zero attached hydrogens (tertiary/aromatic N) is 3. The number of sulfonamides is 1. The lowest BCUT2D eigenvalue weighted by molar-refractivity contribution is 0.0443. The molecule has 0 bridgehead atoms. The molecule has 0 spiro atoms. The number of hydrogen-bond donors (Lipinski definition) is 2. The number of carbonyl (C=O) groups excluding carboxylic acids is 1. The molecule has 210 valence electrons. The molecule has 3 rings (SSSR count). The van der Waals surface area contributed by atoms with E-state index in [2.05, 4.69) is 15.5 Å². The van der Waals surface area contributed by atoms with Gasteiger partial charge in [-0.15, -0.1) is 10.2 Å². The van der Waals surface area contributed by atoms with Gasteiger partial charge in [-0.25, -0.2) is 18.0 Å². The fourth-order valence-corrected chi connectivity index (χ4v) is 4.80. The molecule has 2 aromatic carbocycles. The first-order valence-electron chi connectivity index (χ1n) is 12.3. The molecule has 3 aromatic rings. The minimum atomic E-state index is -3.74. The van der Waals surface area contributed by atoms with Crippen molar-refractivity contribution in [1.29, 1.82) is 0 Å². The predicted octanol–water partition coefficient (Wildman–Crippen LogP) is 4.59. The van der Waals surface area contributed by atoms with Crippen LogP contribution in [-0.4, -0.2) is 53.7 Å². The molecular formula is C27H34N4O7S. The maximum absolute atomic E-state index is 12.8. The van der Waals surface area contributed by atoms with E-state index >= 15 is 0 Å². The Labute approximate surface area is 228 Å². The van der Waals surface area contributed by atoms with Gasteiger partial charge in [0, 0.05) is 19.0 Å². The van der Waals surface area contributed by atoms with Gasteiger partial charge < -0.3 is 19.6 Å². The Morgan fingerprint density at radius 3 is 2.28 bits per heavy atom. The summed E-state index contributed by atoms with van der Waals surface area (Å²) in [6, 6.07) is 13.4. The van der Waals surface area contributed by atoms with E-state index in [1.807, 2.05) is 30.3 Å². The number of carbonyl (C=O) groups is 2. The molecule has 2 N–H and O–H groups in total. The van der Waals surface area contributed by atoms with Crippen molar-refractivity contribution in [1.82, 2.24) is 15.5 Å². The summed E-state index contributed by atoms with van der Waals surface area (Å²) in [6.45, 7) is 10.0. The first-order chi connectivity index (χ1) is 18.0. The molecule has 0 aliphatic rings. The van der Waals surface area contributed by atoms with Gasteiger partial charge in [-0.1, -0.05) is 30.3 Å². The van der Waals surface area contributed by atoms with E-state index < -0.39 is 38.5 Å². The first kappa shape index (κ1) is 29.6. The Bertz CT molecular complexity index is 1450. The van der Waals surface area contributed by atoms with Crippen molar-refractivity contribution < 1.29 is 32.3 Å². The number of amides is 1. The van der Waals surface area contributed by atoms with Crippen LogP contribution in [0.25, 0.3) is 11.5 Å². The molecule has 1 amide bonds. The van der Waals surface area contributed by atoms with Crippen LogP contribution in [0.5, 0.6) is 0 Å². The van der Waals surface area contributed by atoms with Crippen molar-refractivity contribution in [3.05, 3.63) is 65.5 Å². The Balaban J connectivity index is 2.07. The van der Waals surface area contributed by atoms with Crippen LogP contribution in [0.1, 0.15) is 63.4 Å². The standard InChI is InChI=1S/C27H34N4O7S/c1-17(2)39(35,36)31(7)21-14-19(13-20(15-21)23(32)33)22-29-30-24(37-22)27(6,16-18-11-9-8-10-12-18)28-25(34)38-26(3,4)5/h8-15,17H,16H2,1-7H3,(H,28,34)(H,32,33)/t27-/m1/s1. The second kappa shape index (κ2) is 11.0. The SMILES string of the molecule is CC(C)S(=O)(=O)N(C)c1cc(C(=O)O)cc(-c2nnc([C@@](C)(Cc3ccccc3)NC(=O)OC(C)(C)C)o2)c1. The van der Waals surface area contributed by atoms with Gasteiger partial charge in [-0.2, -0.15) is 0 Å². The number of nitrogens with one attached hydrogen (secondary N) is 1. The summed E-state index contributed by atoms with van der Waals surface area (Å²) in [7, 11) is -2.39. The minimum absolute atomic E-state index is 0.0463.